The topological polar surface area (TPSA) is 63.4 Å². The summed E-state index contributed by atoms with van der Waals surface area (Å²) < 4.78 is 3.96. The van der Waals surface area contributed by atoms with Crippen LogP contribution in [0.25, 0.3) is 10.9 Å². The molecular formula is C22H25N5O2. The van der Waals surface area contributed by atoms with Crippen LogP contribution < -0.4 is 0 Å². The molecular weight excluding hydrogens is 366 g/mol. The van der Waals surface area contributed by atoms with Crippen LogP contribution in [-0.2, 0) is 24.3 Å². The van der Waals surface area contributed by atoms with Gasteiger partial charge in [-0.3, -0.25) is 14.3 Å². The molecule has 2 aromatic heterocycles. The highest BCUT2D eigenvalue weighted by Crippen LogP contribution is 2.18. The third kappa shape index (κ3) is 3.41. The fourth-order valence-corrected chi connectivity index (χ4v) is 4.37. The van der Waals surface area contributed by atoms with Crippen molar-refractivity contribution < 1.29 is 9.59 Å². The lowest BCUT2D eigenvalue weighted by molar-refractivity contribution is -0.133. The number of nitrogens with zero attached hydrogens (tertiary/aromatic N) is 5. The first-order valence-corrected chi connectivity index (χ1v) is 10.4. The van der Waals surface area contributed by atoms with Crippen molar-refractivity contribution in [2.45, 2.75) is 32.4 Å². The van der Waals surface area contributed by atoms with E-state index in [1.807, 2.05) is 55.6 Å². The molecule has 1 saturated heterocycles. The summed E-state index contributed by atoms with van der Waals surface area (Å²) in [7, 11) is 0. The largest absolute Gasteiger partial charge is 0.338 e. The van der Waals surface area contributed by atoms with Crippen molar-refractivity contribution in [3.05, 3.63) is 54.0 Å². The lowest BCUT2D eigenvalue weighted by Gasteiger charge is -2.34. The van der Waals surface area contributed by atoms with Gasteiger partial charge in [-0.25, -0.2) is 0 Å². The van der Waals surface area contributed by atoms with Crippen LogP contribution in [0.4, 0.5) is 0 Å². The first-order valence-electron chi connectivity index (χ1n) is 10.4. The molecule has 1 fully saturated rings. The highest BCUT2D eigenvalue weighted by Gasteiger charge is 2.27. The molecule has 0 aliphatic carbocycles. The number of benzene rings is 1. The maximum absolute atomic E-state index is 12.8. The Morgan fingerprint density at radius 3 is 2.55 bits per heavy atom. The van der Waals surface area contributed by atoms with E-state index in [9.17, 15) is 9.59 Å². The molecule has 2 amide bonds. The Bertz CT molecular complexity index is 1030. The van der Waals surface area contributed by atoms with E-state index in [1.54, 1.807) is 0 Å². The van der Waals surface area contributed by atoms with E-state index < -0.39 is 0 Å². The standard InChI is InChI=1S/C22H25N5O2/c28-21(16-26-10-8-17-5-1-2-7-20(17)26)24-11-13-25(14-12-24)22(29)19-15-18-6-3-4-9-27(18)23-19/h1-2,5,7-8,10,15H,3-4,6,9,11-14,16H2. The van der Waals surface area contributed by atoms with Crippen LogP contribution in [0, 0.1) is 0 Å². The van der Waals surface area contributed by atoms with Crippen LogP contribution in [0.5, 0.6) is 0 Å². The molecule has 29 heavy (non-hydrogen) atoms. The van der Waals surface area contributed by atoms with Crippen LogP contribution in [0.1, 0.15) is 29.0 Å². The predicted molar refractivity (Wildman–Crippen MR) is 110 cm³/mol. The van der Waals surface area contributed by atoms with E-state index in [1.165, 1.54) is 0 Å². The van der Waals surface area contributed by atoms with E-state index in [4.69, 9.17) is 0 Å². The number of rotatable bonds is 3. The molecule has 7 nitrogen and oxygen atoms in total. The maximum atomic E-state index is 12.8. The summed E-state index contributed by atoms with van der Waals surface area (Å²) in [6, 6.07) is 12.0. The van der Waals surface area contributed by atoms with Crippen molar-refractivity contribution in [1.29, 1.82) is 0 Å². The molecule has 2 aliphatic heterocycles. The van der Waals surface area contributed by atoms with Crippen molar-refractivity contribution in [3.8, 4) is 0 Å². The average Bonchev–Trinajstić information content (AvgIpc) is 3.38. The fourth-order valence-electron chi connectivity index (χ4n) is 4.37. The third-order valence-electron chi connectivity index (χ3n) is 6.04. The number of carbonyl (C=O) groups is 2. The van der Waals surface area contributed by atoms with Gasteiger partial charge in [-0.05, 0) is 42.8 Å². The number of para-hydroxylation sites is 1. The number of hydrogen-bond acceptors (Lipinski definition) is 3. The molecule has 0 saturated carbocycles. The minimum absolute atomic E-state index is 0.0181. The Kier molecular flexibility index (Phi) is 4.58. The highest BCUT2D eigenvalue weighted by molar-refractivity contribution is 5.92. The van der Waals surface area contributed by atoms with Gasteiger partial charge >= 0.3 is 0 Å². The average molecular weight is 391 g/mol. The summed E-state index contributed by atoms with van der Waals surface area (Å²) in [5.41, 5.74) is 2.77. The van der Waals surface area contributed by atoms with Crippen LogP contribution in [0.2, 0.25) is 0 Å². The molecule has 0 bridgehead atoms. The zero-order chi connectivity index (χ0) is 19.8. The van der Waals surface area contributed by atoms with E-state index in [2.05, 4.69) is 11.2 Å². The van der Waals surface area contributed by atoms with Crippen molar-refractivity contribution in [2.24, 2.45) is 0 Å². The van der Waals surface area contributed by atoms with Crippen molar-refractivity contribution >= 4 is 22.7 Å². The second kappa shape index (κ2) is 7.39. The third-order valence-corrected chi connectivity index (χ3v) is 6.04. The normalized spacial score (nSPS) is 16.8. The van der Waals surface area contributed by atoms with E-state index in [0.717, 1.165) is 42.4 Å². The molecule has 1 aromatic carbocycles. The molecule has 0 unspecified atom stereocenters. The van der Waals surface area contributed by atoms with Crippen LogP contribution >= 0.6 is 0 Å². The summed E-state index contributed by atoms with van der Waals surface area (Å²) in [4.78, 5) is 29.3. The van der Waals surface area contributed by atoms with Crippen molar-refractivity contribution in [1.82, 2.24) is 24.1 Å². The highest BCUT2D eigenvalue weighted by atomic mass is 16.2. The first kappa shape index (κ1) is 18.0. The molecule has 7 heteroatoms. The fraction of sp³-hybridized carbons (Fsp3) is 0.409. The number of hydrogen-bond donors (Lipinski definition) is 0. The molecule has 0 N–H and O–H groups in total. The summed E-state index contributed by atoms with van der Waals surface area (Å²) in [6.07, 6.45) is 5.25. The minimum atomic E-state index is -0.0181. The van der Waals surface area contributed by atoms with Gasteiger partial charge in [0.15, 0.2) is 5.69 Å². The van der Waals surface area contributed by atoms with Gasteiger partial charge in [0.2, 0.25) is 5.91 Å². The Morgan fingerprint density at radius 1 is 0.931 bits per heavy atom. The number of amides is 2. The Balaban J connectivity index is 1.20. The molecule has 3 aromatic rings. The van der Waals surface area contributed by atoms with Crippen molar-refractivity contribution in [3.63, 3.8) is 0 Å². The van der Waals surface area contributed by atoms with Gasteiger partial charge in [-0.2, -0.15) is 5.10 Å². The molecule has 4 heterocycles. The maximum Gasteiger partial charge on any atom is 0.274 e. The van der Waals surface area contributed by atoms with Crippen molar-refractivity contribution in [2.75, 3.05) is 26.2 Å². The lowest BCUT2D eigenvalue weighted by Crippen LogP contribution is -2.51. The van der Waals surface area contributed by atoms with E-state index >= 15 is 0 Å². The predicted octanol–water partition coefficient (Wildman–Crippen LogP) is 2.16. The van der Waals surface area contributed by atoms with Gasteiger partial charge in [0.1, 0.15) is 6.54 Å². The first-order chi connectivity index (χ1) is 14.2. The van der Waals surface area contributed by atoms with Crippen LogP contribution in [-0.4, -0.2) is 62.1 Å². The SMILES string of the molecule is O=C(Cn1ccc2ccccc21)N1CCN(C(=O)c2cc3n(n2)CCCC3)CC1. The second-order valence-electron chi connectivity index (χ2n) is 7.88. The number of aryl methyl sites for hydroxylation is 2. The number of piperazine rings is 1. The Morgan fingerprint density at radius 2 is 1.72 bits per heavy atom. The van der Waals surface area contributed by atoms with Gasteiger partial charge in [-0.1, -0.05) is 18.2 Å². The smallest absolute Gasteiger partial charge is 0.274 e. The van der Waals surface area contributed by atoms with Gasteiger partial charge in [-0.15, -0.1) is 0 Å². The Hall–Kier alpha value is -3.09. The van der Waals surface area contributed by atoms with E-state index in [-0.39, 0.29) is 11.8 Å². The van der Waals surface area contributed by atoms with Crippen LogP contribution in [0.15, 0.2) is 42.6 Å². The van der Waals surface area contributed by atoms with Gasteiger partial charge in [0.25, 0.3) is 5.91 Å². The number of carbonyl (C=O) groups excluding carboxylic acids is 2. The Labute approximate surface area is 169 Å². The molecule has 0 spiro atoms. The zero-order valence-electron chi connectivity index (χ0n) is 16.5. The molecule has 150 valence electrons. The second-order valence-corrected chi connectivity index (χ2v) is 7.88. The monoisotopic (exact) mass is 391 g/mol. The van der Waals surface area contributed by atoms with E-state index in [0.29, 0.717) is 38.4 Å². The lowest BCUT2D eigenvalue weighted by atomic mass is 10.1. The molecule has 0 radical (unpaired) electrons. The van der Waals surface area contributed by atoms with Gasteiger partial charge in [0.05, 0.1) is 0 Å². The van der Waals surface area contributed by atoms with Gasteiger partial charge in [0, 0.05) is 50.1 Å². The summed E-state index contributed by atoms with van der Waals surface area (Å²) in [5, 5.41) is 5.64. The molecule has 0 atom stereocenters. The summed E-state index contributed by atoms with van der Waals surface area (Å²) in [6.45, 7) is 3.47. The quantitative estimate of drug-likeness (QED) is 0.687. The molecule has 5 rings (SSSR count). The van der Waals surface area contributed by atoms with Crippen LogP contribution in [0.3, 0.4) is 0 Å². The number of aromatic nitrogens is 3. The summed E-state index contributed by atoms with van der Waals surface area (Å²) >= 11 is 0. The minimum Gasteiger partial charge on any atom is -0.338 e. The zero-order valence-corrected chi connectivity index (χ0v) is 16.5. The summed E-state index contributed by atoms with van der Waals surface area (Å²) in [5.74, 6) is 0.0753. The molecule has 2 aliphatic rings. The van der Waals surface area contributed by atoms with Gasteiger partial charge < -0.3 is 14.4 Å². The number of fused-ring (bicyclic) bond motifs is 2.